The number of hydrogen-bond acceptors (Lipinski definition) is 11. The van der Waals surface area contributed by atoms with Gasteiger partial charge in [-0.2, -0.15) is 13.5 Å². The summed E-state index contributed by atoms with van der Waals surface area (Å²) in [6.07, 6.45) is 3.98. The molecule has 1 spiro atoms. The summed E-state index contributed by atoms with van der Waals surface area (Å²) in [6, 6.07) is 17.1. The number of ether oxygens (including phenoxy) is 3. The van der Waals surface area contributed by atoms with Gasteiger partial charge >= 0.3 is 0 Å². The molecular weight excluding hydrogens is 613 g/mol. The third-order valence-electron chi connectivity index (χ3n) is 6.99. The van der Waals surface area contributed by atoms with Crippen molar-refractivity contribution in [2.24, 2.45) is 5.10 Å². The van der Waals surface area contributed by atoms with Crippen LogP contribution in [0.3, 0.4) is 0 Å². The molecule has 1 N–H and O–H groups in total. The van der Waals surface area contributed by atoms with Crippen LogP contribution in [0.15, 0.2) is 76.7 Å². The second kappa shape index (κ2) is 11.2. The Kier molecular flexibility index (Phi) is 7.54. The van der Waals surface area contributed by atoms with Crippen molar-refractivity contribution in [3.05, 3.63) is 72.3 Å². The molecule has 222 valence electrons. The Hall–Kier alpha value is -4.11. The van der Waals surface area contributed by atoms with Crippen LogP contribution in [-0.2, 0) is 14.9 Å². The van der Waals surface area contributed by atoms with E-state index in [1.54, 1.807) is 42.3 Å². The van der Waals surface area contributed by atoms with E-state index in [1.807, 2.05) is 36.4 Å². The molecule has 1 amide bonds. The molecule has 2 aliphatic heterocycles. The molecule has 1 aromatic heterocycles. The highest BCUT2D eigenvalue weighted by molar-refractivity contribution is 8.02. The molecular formula is C29H26N4O7S3. The maximum Gasteiger partial charge on any atom is 0.294 e. The van der Waals surface area contributed by atoms with Gasteiger partial charge in [0.25, 0.3) is 10.1 Å². The molecule has 0 saturated carbocycles. The summed E-state index contributed by atoms with van der Waals surface area (Å²) in [4.78, 5) is 18.6. The van der Waals surface area contributed by atoms with Gasteiger partial charge in [-0.1, -0.05) is 47.4 Å². The molecule has 3 heterocycles. The Morgan fingerprint density at radius 3 is 2.40 bits per heavy atom. The zero-order valence-electron chi connectivity index (χ0n) is 23.3. The number of thiazole rings is 1. The number of carbonyl (C=O) groups is 1. The number of thioether (sulfide) groups is 1. The first kappa shape index (κ1) is 29.0. The fourth-order valence-corrected chi connectivity index (χ4v) is 8.02. The zero-order valence-corrected chi connectivity index (χ0v) is 25.7. The van der Waals surface area contributed by atoms with Crippen LogP contribution in [0.4, 0.5) is 10.8 Å². The van der Waals surface area contributed by atoms with E-state index in [9.17, 15) is 17.8 Å². The van der Waals surface area contributed by atoms with E-state index >= 15 is 0 Å². The third-order valence-corrected chi connectivity index (χ3v) is 10.2. The van der Waals surface area contributed by atoms with Gasteiger partial charge in [-0.3, -0.25) is 14.2 Å². The number of aromatic nitrogens is 1. The molecule has 11 nitrogen and oxygen atoms in total. The average molecular weight is 639 g/mol. The second-order valence-electron chi connectivity index (χ2n) is 9.57. The summed E-state index contributed by atoms with van der Waals surface area (Å²) >= 11 is 2.78. The Labute approximate surface area is 256 Å². The summed E-state index contributed by atoms with van der Waals surface area (Å²) in [5.74, 6) is 1.48. The molecule has 6 rings (SSSR count). The molecule has 14 heteroatoms. The quantitative estimate of drug-likeness (QED) is 0.254. The van der Waals surface area contributed by atoms with Crippen molar-refractivity contribution in [1.82, 2.24) is 4.98 Å². The minimum atomic E-state index is -4.48. The number of para-hydroxylation sites is 1. The monoisotopic (exact) mass is 638 g/mol. The van der Waals surface area contributed by atoms with Crippen LogP contribution in [-0.4, -0.2) is 61.7 Å². The van der Waals surface area contributed by atoms with Gasteiger partial charge in [0.2, 0.25) is 11.7 Å². The van der Waals surface area contributed by atoms with Crippen molar-refractivity contribution in [3.8, 4) is 17.2 Å². The van der Waals surface area contributed by atoms with Gasteiger partial charge in [0.05, 0.1) is 53.6 Å². The summed E-state index contributed by atoms with van der Waals surface area (Å²) in [5.41, 5.74) is 2.54. The van der Waals surface area contributed by atoms with Crippen LogP contribution in [0.1, 0.15) is 12.0 Å². The summed E-state index contributed by atoms with van der Waals surface area (Å²) in [5, 5.41) is 7.02. The van der Waals surface area contributed by atoms with Crippen LogP contribution in [0.25, 0.3) is 16.3 Å². The van der Waals surface area contributed by atoms with Gasteiger partial charge in [0.15, 0.2) is 21.6 Å². The minimum Gasteiger partial charge on any atom is -0.493 e. The van der Waals surface area contributed by atoms with Crippen LogP contribution < -0.4 is 24.1 Å². The molecule has 4 aromatic rings. The molecule has 1 atom stereocenters. The predicted molar refractivity (Wildman–Crippen MR) is 168 cm³/mol. The van der Waals surface area contributed by atoms with Crippen LogP contribution in [0, 0.1) is 0 Å². The van der Waals surface area contributed by atoms with E-state index in [4.69, 9.17) is 24.3 Å². The number of anilines is 2. The highest BCUT2D eigenvalue weighted by atomic mass is 32.2. The number of nitrogens with zero attached hydrogens (tertiary/aromatic N) is 4. The first-order chi connectivity index (χ1) is 20.7. The van der Waals surface area contributed by atoms with E-state index < -0.39 is 15.1 Å². The lowest BCUT2D eigenvalue weighted by Gasteiger charge is -2.39. The Bertz CT molecular complexity index is 1850. The molecule has 2 aliphatic rings. The van der Waals surface area contributed by atoms with Crippen molar-refractivity contribution in [2.75, 3.05) is 37.0 Å². The lowest BCUT2D eigenvalue weighted by atomic mass is 10.1. The normalized spacial score (nSPS) is 18.7. The maximum atomic E-state index is 13.5. The number of carbonyl (C=O) groups excluding carboxylic acids is 1. The fourth-order valence-electron chi connectivity index (χ4n) is 5.07. The number of allylic oxidation sites excluding steroid dienone is 1. The van der Waals surface area contributed by atoms with Crippen molar-refractivity contribution < 1.29 is 32.0 Å². The van der Waals surface area contributed by atoms with Gasteiger partial charge in [0.1, 0.15) is 0 Å². The molecule has 0 aliphatic carbocycles. The molecule has 0 radical (unpaired) electrons. The van der Waals surface area contributed by atoms with E-state index in [0.29, 0.717) is 40.2 Å². The Morgan fingerprint density at radius 1 is 0.977 bits per heavy atom. The van der Waals surface area contributed by atoms with Gasteiger partial charge in [-0.25, -0.2) is 9.99 Å². The predicted octanol–water partition coefficient (Wildman–Crippen LogP) is 5.28. The third kappa shape index (κ3) is 5.20. The van der Waals surface area contributed by atoms with E-state index in [1.165, 1.54) is 48.4 Å². The second-order valence-corrected chi connectivity index (χ2v) is 13.2. The maximum absolute atomic E-state index is 13.5. The number of fused-ring (bicyclic) bond motifs is 1. The topological polar surface area (TPSA) is 131 Å². The van der Waals surface area contributed by atoms with Crippen LogP contribution >= 0.6 is 23.1 Å². The van der Waals surface area contributed by atoms with Crippen molar-refractivity contribution in [1.29, 1.82) is 0 Å². The number of benzene rings is 3. The largest absolute Gasteiger partial charge is 0.493 e. The number of hydrazone groups is 1. The zero-order chi connectivity index (χ0) is 30.4. The first-order valence-corrected chi connectivity index (χ1v) is 16.2. The molecule has 0 bridgehead atoms. The van der Waals surface area contributed by atoms with Crippen molar-refractivity contribution in [3.63, 3.8) is 0 Å². The van der Waals surface area contributed by atoms with Gasteiger partial charge in [-0.05, 0) is 54.1 Å². The molecule has 1 unspecified atom stereocenters. The summed E-state index contributed by atoms with van der Waals surface area (Å²) in [6.45, 7) is 0. The standard InChI is InChI=1S/C29H26N4O7S3/c1-38-23-13-18(14-24(39-2)27(23)40-3)11-12-19-16-29(33(31-19)20-7-6-8-21(15-20)43(35,36)37)32(26(34)17-41-29)28-30-22-9-4-5-10-25(22)42-28/h4-15H,16-17H2,1-3H3,(H,35,36,37). The van der Waals surface area contributed by atoms with Gasteiger partial charge in [-0.15, -0.1) is 0 Å². The van der Waals surface area contributed by atoms with Crippen molar-refractivity contribution >= 4 is 71.9 Å². The van der Waals surface area contributed by atoms with Crippen LogP contribution in [0.5, 0.6) is 17.2 Å². The Balaban J connectivity index is 1.45. The lowest BCUT2D eigenvalue weighted by molar-refractivity contribution is -0.116. The SMILES string of the molecule is COc1cc(C=CC2=NN(c3cccc(S(=O)(=O)O)c3)C3(C2)SCC(=O)N3c2nc3ccccc3s2)cc(OC)c1OC. The molecule has 1 fully saturated rings. The van der Waals surface area contributed by atoms with E-state index in [2.05, 4.69) is 0 Å². The lowest BCUT2D eigenvalue weighted by Crippen LogP contribution is -2.53. The molecule has 43 heavy (non-hydrogen) atoms. The van der Waals surface area contributed by atoms with E-state index in [0.717, 1.165) is 15.8 Å². The smallest absolute Gasteiger partial charge is 0.294 e. The van der Waals surface area contributed by atoms with E-state index in [-0.39, 0.29) is 16.6 Å². The van der Waals surface area contributed by atoms with Crippen LogP contribution in [0.2, 0.25) is 0 Å². The van der Waals surface area contributed by atoms with Crippen molar-refractivity contribution in [2.45, 2.75) is 16.3 Å². The number of hydrogen-bond donors (Lipinski definition) is 1. The fraction of sp³-hybridized carbons (Fsp3) is 0.207. The first-order valence-electron chi connectivity index (χ1n) is 12.9. The molecule has 3 aromatic carbocycles. The van der Waals surface area contributed by atoms with Gasteiger partial charge in [0, 0.05) is 6.42 Å². The average Bonchev–Trinajstić information content (AvgIpc) is 3.69. The highest BCUT2D eigenvalue weighted by Gasteiger charge is 2.56. The number of rotatable bonds is 8. The highest BCUT2D eigenvalue weighted by Crippen LogP contribution is 2.51. The summed E-state index contributed by atoms with van der Waals surface area (Å²) in [7, 11) is 0.132. The Morgan fingerprint density at radius 2 is 1.72 bits per heavy atom. The number of amides is 1. The molecule has 1 saturated heterocycles. The minimum absolute atomic E-state index is 0.148. The summed E-state index contributed by atoms with van der Waals surface area (Å²) < 4.78 is 51.1. The van der Waals surface area contributed by atoms with Gasteiger partial charge < -0.3 is 14.2 Å². The number of methoxy groups -OCH3 is 3.